The van der Waals surface area contributed by atoms with Crippen LogP contribution >= 0.6 is 0 Å². The molecule has 6 aromatic carbocycles. The molecule has 0 aliphatic carbocycles. The lowest BCUT2D eigenvalue weighted by molar-refractivity contribution is -0.371. The predicted molar refractivity (Wildman–Crippen MR) is 282 cm³/mol. The average molecular weight is 1060 g/mol. The highest BCUT2D eigenvalue weighted by Gasteiger charge is 2.53. The fourth-order valence-corrected chi connectivity index (χ4v) is 8.91. The molecule has 0 unspecified atom stereocenters. The van der Waals surface area contributed by atoms with Crippen LogP contribution in [-0.2, 0) is 82.3 Å². The summed E-state index contributed by atoms with van der Waals surface area (Å²) in [6.45, 7) is 0.529. The third-order valence-corrected chi connectivity index (χ3v) is 13.3. The Labute approximate surface area is 450 Å². The number of aliphatic hydroxyl groups is 2. The van der Waals surface area contributed by atoms with Gasteiger partial charge in [0, 0.05) is 0 Å². The van der Waals surface area contributed by atoms with Crippen LogP contribution in [0.4, 0.5) is 0 Å². The van der Waals surface area contributed by atoms with Gasteiger partial charge in [0.15, 0.2) is 12.6 Å². The van der Waals surface area contributed by atoms with Gasteiger partial charge in [0.1, 0.15) is 83.3 Å². The van der Waals surface area contributed by atoms with Gasteiger partial charge in [-0.1, -0.05) is 72.8 Å². The van der Waals surface area contributed by atoms with Crippen molar-refractivity contribution in [3.8, 4) is 34.5 Å². The predicted octanol–water partition coefficient (Wildman–Crippen LogP) is 8.00. The van der Waals surface area contributed by atoms with Gasteiger partial charge in [0.25, 0.3) is 0 Å². The van der Waals surface area contributed by atoms with Crippen LogP contribution in [0, 0.1) is 0 Å². The number of benzene rings is 6. The summed E-state index contributed by atoms with van der Waals surface area (Å²) in [6, 6.07) is 44.8. The van der Waals surface area contributed by atoms with Crippen molar-refractivity contribution in [2.75, 3.05) is 55.9 Å². The largest absolute Gasteiger partial charge is 0.497 e. The van der Waals surface area contributed by atoms with E-state index >= 15 is 0 Å². The molecule has 0 bridgehead atoms. The lowest BCUT2D eigenvalue weighted by Gasteiger charge is -2.49. The van der Waals surface area contributed by atoms with Crippen molar-refractivity contribution in [1.29, 1.82) is 0 Å². The normalized spacial score (nSPS) is 23.2. The number of rotatable bonds is 28. The number of ether oxygens (including phenoxy) is 15. The topological polar surface area (TPSA) is 179 Å². The fraction of sp³-hybridized carbons (Fsp3) is 0.400. The highest BCUT2D eigenvalue weighted by molar-refractivity contribution is 5.31. The highest BCUT2D eigenvalue weighted by atomic mass is 16.7. The molecule has 412 valence electrons. The number of aliphatic hydroxyl groups excluding tert-OH is 2. The van der Waals surface area contributed by atoms with Crippen LogP contribution in [-0.4, -0.2) is 127 Å². The highest BCUT2D eigenvalue weighted by Crippen LogP contribution is 2.36. The molecule has 2 fully saturated rings. The molecule has 2 N–H and O–H groups in total. The fourth-order valence-electron chi connectivity index (χ4n) is 8.91. The van der Waals surface area contributed by atoms with E-state index in [-0.39, 0.29) is 52.9 Å². The SMILES string of the molecule is COc1ccc(COC[C@H]2O[C@@H](O[C@H]3[C@H](OCc4ccc(OC)cc4)[C@@H](OCc4ccc(OC)cc4)[C@H](O)O[C@@H]3COCc3ccc(OC)cc3)[C@H](OCc3ccc(OC)cc3)[C@@H](OCc3ccc(OC)cc3)[C@@H]2O)cc1. The van der Waals surface area contributed by atoms with Gasteiger partial charge in [0.05, 0.1) is 95.5 Å². The van der Waals surface area contributed by atoms with E-state index in [2.05, 4.69) is 0 Å². The van der Waals surface area contributed by atoms with Crippen molar-refractivity contribution in [3.05, 3.63) is 179 Å². The first-order chi connectivity index (χ1) is 37.7. The van der Waals surface area contributed by atoms with E-state index in [4.69, 9.17) is 71.1 Å². The first kappa shape index (κ1) is 56.9. The number of hydrogen-bond donors (Lipinski definition) is 2. The summed E-state index contributed by atoms with van der Waals surface area (Å²) in [5, 5.41) is 24.5. The minimum absolute atomic E-state index is 0.0604. The maximum Gasteiger partial charge on any atom is 0.187 e. The van der Waals surface area contributed by atoms with Crippen molar-refractivity contribution in [2.24, 2.45) is 0 Å². The van der Waals surface area contributed by atoms with Gasteiger partial charge in [0.2, 0.25) is 0 Å². The summed E-state index contributed by atoms with van der Waals surface area (Å²) in [4.78, 5) is 0. The second-order valence-electron chi connectivity index (χ2n) is 18.4. The van der Waals surface area contributed by atoms with E-state index in [0.717, 1.165) is 33.4 Å². The van der Waals surface area contributed by atoms with Gasteiger partial charge in [-0.3, -0.25) is 0 Å². The van der Waals surface area contributed by atoms with Gasteiger partial charge in [-0.15, -0.1) is 0 Å². The Morgan fingerprint density at radius 3 is 0.974 bits per heavy atom. The summed E-state index contributed by atoms with van der Waals surface area (Å²) in [5.41, 5.74) is 4.99. The van der Waals surface area contributed by atoms with Gasteiger partial charge in [-0.05, 0) is 106 Å². The molecule has 2 aliphatic heterocycles. The Balaban J connectivity index is 1.16. The molecule has 77 heavy (non-hydrogen) atoms. The molecule has 0 radical (unpaired) electrons. The lowest BCUT2D eigenvalue weighted by Crippen LogP contribution is -2.66. The zero-order valence-corrected chi connectivity index (χ0v) is 44.3. The van der Waals surface area contributed by atoms with Crippen LogP contribution in [0.3, 0.4) is 0 Å². The second kappa shape index (κ2) is 28.9. The molecule has 2 saturated heterocycles. The molecular formula is C60H70O17. The maximum absolute atomic E-state index is 12.4. The van der Waals surface area contributed by atoms with Crippen molar-refractivity contribution >= 4 is 0 Å². The van der Waals surface area contributed by atoms with Crippen LogP contribution in [0.15, 0.2) is 146 Å². The van der Waals surface area contributed by atoms with Crippen molar-refractivity contribution in [3.63, 3.8) is 0 Å². The molecule has 0 saturated carbocycles. The molecule has 0 amide bonds. The van der Waals surface area contributed by atoms with Gasteiger partial charge in [-0.2, -0.15) is 0 Å². The summed E-state index contributed by atoms with van der Waals surface area (Å²) in [7, 11) is 9.62. The summed E-state index contributed by atoms with van der Waals surface area (Å²) in [6.07, 6.45) is -11.5. The van der Waals surface area contributed by atoms with Crippen LogP contribution in [0.5, 0.6) is 34.5 Å². The van der Waals surface area contributed by atoms with Crippen molar-refractivity contribution in [1.82, 2.24) is 0 Å². The molecule has 0 aromatic heterocycles. The minimum Gasteiger partial charge on any atom is -0.497 e. The Morgan fingerprint density at radius 2 is 0.623 bits per heavy atom. The molecule has 10 atom stereocenters. The van der Waals surface area contributed by atoms with E-state index < -0.39 is 61.4 Å². The van der Waals surface area contributed by atoms with Gasteiger partial charge >= 0.3 is 0 Å². The molecule has 6 aromatic rings. The Hall–Kier alpha value is -6.32. The summed E-state index contributed by atoms with van der Waals surface area (Å²) < 4.78 is 92.8. The van der Waals surface area contributed by atoms with Crippen molar-refractivity contribution in [2.45, 2.75) is 101 Å². The Bertz CT molecular complexity index is 2620. The van der Waals surface area contributed by atoms with Crippen molar-refractivity contribution < 1.29 is 81.3 Å². The molecular weight excluding hydrogens is 993 g/mol. The van der Waals surface area contributed by atoms with E-state index in [1.165, 1.54) is 0 Å². The van der Waals surface area contributed by atoms with Crippen LogP contribution in [0.1, 0.15) is 33.4 Å². The molecule has 0 spiro atoms. The summed E-state index contributed by atoms with van der Waals surface area (Å²) >= 11 is 0. The zero-order valence-electron chi connectivity index (χ0n) is 44.3. The molecule has 2 aliphatic rings. The van der Waals surface area contributed by atoms with E-state index in [0.29, 0.717) is 34.5 Å². The average Bonchev–Trinajstić information content (AvgIpc) is 3.47. The summed E-state index contributed by atoms with van der Waals surface area (Å²) in [5.74, 6) is 4.12. The van der Waals surface area contributed by atoms with E-state index in [1.54, 1.807) is 42.7 Å². The monoisotopic (exact) mass is 1060 g/mol. The third-order valence-electron chi connectivity index (χ3n) is 13.3. The van der Waals surface area contributed by atoms with Gasteiger partial charge < -0.3 is 81.3 Å². The Kier molecular flexibility index (Phi) is 21.3. The maximum atomic E-state index is 12.4. The van der Waals surface area contributed by atoms with E-state index in [1.807, 2.05) is 146 Å². The third kappa shape index (κ3) is 15.9. The smallest absolute Gasteiger partial charge is 0.187 e. The van der Waals surface area contributed by atoms with Crippen LogP contribution < -0.4 is 28.4 Å². The first-order valence-corrected chi connectivity index (χ1v) is 25.4. The molecule has 17 heteroatoms. The lowest BCUT2D eigenvalue weighted by atomic mass is 9.96. The number of methoxy groups -OCH3 is 6. The first-order valence-electron chi connectivity index (χ1n) is 25.4. The quantitative estimate of drug-likeness (QED) is 0.0482. The minimum atomic E-state index is -1.51. The molecule has 2 heterocycles. The molecule has 17 nitrogen and oxygen atoms in total. The van der Waals surface area contributed by atoms with Gasteiger partial charge in [-0.25, -0.2) is 0 Å². The number of hydrogen-bond acceptors (Lipinski definition) is 17. The van der Waals surface area contributed by atoms with E-state index in [9.17, 15) is 10.2 Å². The second-order valence-corrected chi connectivity index (χ2v) is 18.4. The zero-order chi connectivity index (χ0) is 53.9. The standard InChI is InChI=1S/C60H70O17/c1-63-45-19-7-39(8-20-45)31-69-37-51-53(61)55(71-33-41-11-23-47(65-3)24-12-41)58(74-36-44-17-29-50(68-6)30-18-44)60(76-51)77-54-52(38-70-32-40-9-21-46(64-2)22-10-40)75-59(62)57(73-35-43-15-27-49(67-5)28-16-43)56(54)72-34-42-13-25-48(66-4)26-14-42/h7-30,51-62H,31-38H2,1-6H3/t51-,52-,53-,54-,55+,56+,57-,58-,59-,60+/m1/s1. The van der Waals surface area contributed by atoms with Crippen LogP contribution in [0.2, 0.25) is 0 Å². The van der Waals surface area contributed by atoms with Crippen LogP contribution in [0.25, 0.3) is 0 Å². The molecule has 8 rings (SSSR count). The Morgan fingerprint density at radius 1 is 0.325 bits per heavy atom.